The van der Waals surface area contributed by atoms with Crippen molar-refractivity contribution in [1.29, 1.82) is 0 Å². The van der Waals surface area contributed by atoms with Crippen LogP contribution in [-0.2, 0) is 25.8 Å². The number of fused-ring (bicyclic) bond motifs is 1. The van der Waals surface area contributed by atoms with Gasteiger partial charge in [0, 0.05) is 61.4 Å². The van der Waals surface area contributed by atoms with Crippen molar-refractivity contribution in [3.05, 3.63) is 148 Å². The van der Waals surface area contributed by atoms with Crippen LogP contribution in [0.5, 0.6) is 0 Å². The van der Waals surface area contributed by atoms with E-state index in [2.05, 4.69) is 37.8 Å². The van der Waals surface area contributed by atoms with E-state index in [1.807, 2.05) is 122 Å². The Kier molecular flexibility index (Phi) is 11.5. The second-order valence-corrected chi connectivity index (χ2v) is 16.4. The monoisotopic (exact) mass is 779 g/mol. The largest absolute Gasteiger partial charge is 0.374 e. The highest BCUT2D eigenvalue weighted by Gasteiger charge is 2.52. The maximum absolute atomic E-state index is 14.2. The first-order valence-corrected chi connectivity index (χ1v) is 20.9. The Morgan fingerprint density at radius 3 is 2.23 bits per heavy atom. The number of hydrogen-bond acceptors (Lipinski definition) is 12. The average Bonchev–Trinajstić information content (AvgIpc) is 3.63. The van der Waals surface area contributed by atoms with Gasteiger partial charge in [0.15, 0.2) is 5.13 Å². The van der Waals surface area contributed by atoms with Crippen LogP contribution in [0.3, 0.4) is 0 Å². The van der Waals surface area contributed by atoms with Crippen molar-refractivity contribution >= 4 is 69.5 Å². The van der Waals surface area contributed by atoms with Crippen molar-refractivity contribution in [3.8, 4) is 0 Å². The number of oxime groups is 1. The highest BCUT2D eigenvalue weighted by molar-refractivity contribution is 8.06. The molecule has 0 radical (unpaired) electrons. The van der Waals surface area contributed by atoms with Gasteiger partial charge in [0.2, 0.25) is 17.1 Å². The molecule has 0 spiro atoms. The van der Waals surface area contributed by atoms with E-state index in [9.17, 15) is 9.59 Å². The minimum atomic E-state index is -1.25. The van der Waals surface area contributed by atoms with E-state index in [4.69, 9.17) is 10.6 Å². The van der Waals surface area contributed by atoms with Crippen molar-refractivity contribution < 1.29 is 14.4 Å². The first-order valence-electron chi connectivity index (χ1n) is 17.1. The summed E-state index contributed by atoms with van der Waals surface area (Å²) in [4.78, 5) is 47.4. The van der Waals surface area contributed by atoms with Crippen molar-refractivity contribution in [2.24, 2.45) is 5.16 Å². The minimum Gasteiger partial charge on any atom is -0.374 e. The van der Waals surface area contributed by atoms with Crippen LogP contribution >= 0.6 is 46.8 Å². The molecular formula is C39H37N7O3S4. The molecular weight excluding hydrogens is 743 g/mol. The van der Waals surface area contributed by atoms with Crippen LogP contribution in [0.1, 0.15) is 48.5 Å². The van der Waals surface area contributed by atoms with Crippen LogP contribution in [0.25, 0.3) is 0 Å². The fourth-order valence-electron chi connectivity index (χ4n) is 6.21. The SMILES string of the molecule is CCCSCc1ncccc1SC1=C(C)N2C(=O)C(NC(=O)/C(=N\OC(c3ccccc3)(c3ccccc3)c3ccccc3)c3nsc(N)n3)C2SC1. The van der Waals surface area contributed by atoms with Crippen LogP contribution in [-0.4, -0.2) is 59.7 Å². The van der Waals surface area contributed by atoms with E-state index >= 15 is 0 Å². The number of hydrogen-bond donors (Lipinski definition) is 2. The zero-order valence-corrected chi connectivity index (χ0v) is 32.3. The summed E-state index contributed by atoms with van der Waals surface area (Å²) in [5.41, 5.74) is 8.86. The van der Waals surface area contributed by atoms with Crippen LogP contribution in [0.2, 0.25) is 0 Å². The predicted octanol–water partition coefficient (Wildman–Crippen LogP) is 7.30. The lowest BCUT2D eigenvalue weighted by atomic mass is 9.80. The van der Waals surface area contributed by atoms with E-state index in [1.54, 1.807) is 28.4 Å². The molecule has 0 saturated carbocycles. The van der Waals surface area contributed by atoms with Gasteiger partial charge in [-0.15, -0.1) is 11.8 Å². The van der Waals surface area contributed by atoms with E-state index in [-0.39, 0.29) is 27.9 Å². The van der Waals surface area contributed by atoms with Gasteiger partial charge in [-0.25, -0.2) is 0 Å². The van der Waals surface area contributed by atoms with Crippen molar-refractivity contribution in [2.45, 2.75) is 47.9 Å². The van der Waals surface area contributed by atoms with Crippen molar-refractivity contribution in [2.75, 3.05) is 17.2 Å². The number of allylic oxidation sites excluding steroid dienone is 1. The van der Waals surface area contributed by atoms with Crippen molar-refractivity contribution in [3.63, 3.8) is 0 Å². The zero-order chi connectivity index (χ0) is 36.8. The van der Waals surface area contributed by atoms with Crippen LogP contribution in [0, 0.1) is 0 Å². The van der Waals surface area contributed by atoms with Gasteiger partial charge in [-0.3, -0.25) is 19.5 Å². The van der Waals surface area contributed by atoms with Gasteiger partial charge < -0.3 is 15.9 Å². The molecule has 1 saturated heterocycles. The summed E-state index contributed by atoms with van der Waals surface area (Å²) in [6.07, 6.45) is 2.94. The van der Waals surface area contributed by atoms with Gasteiger partial charge in [0.05, 0.1) is 5.69 Å². The molecule has 2 aliphatic heterocycles. The molecule has 2 aliphatic rings. The number of nitrogen functional groups attached to an aromatic ring is 1. The zero-order valence-electron chi connectivity index (χ0n) is 29.0. The molecule has 2 aromatic heterocycles. The Morgan fingerprint density at radius 2 is 1.64 bits per heavy atom. The van der Waals surface area contributed by atoms with Crippen LogP contribution < -0.4 is 11.1 Å². The van der Waals surface area contributed by atoms with E-state index in [0.717, 1.165) is 67.3 Å². The number of nitrogens with zero attached hydrogens (tertiary/aromatic N) is 5. The first-order chi connectivity index (χ1) is 25.9. The Balaban J connectivity index is 1.17. The van der Waals surface area contributed by atoms with Crippen LogP contribution in [0.4, 0.5) is 5.13 Å². The number of rotatable bonds is 14. The van der Waals surface area contributed by atoms with Gasteiger partial charge in [0.1, 0.15) is 11.4 Å². The molecule has 2 unspecified atom stereocenters. The summed E-state index contributed by atoms with van der Waals surface area (Å²) < 4.78 is 4.32. The third-order valence-electron chi connectivity index (χ3n) is 8.83. The topological polar surface area (TPSA) is 136 Å². The fraction of sp³-hybridized carbons (Fsp3) is 0.231. The van der Waals surface area contributed by atoms with Gasteiger partial charge in [-0.05, 0) is 31.2 Å². The summed E-state index contributed by atoms with van der Waals surface area (Å²) in [7, 11) is 0. The first kappa shape index (κ1) is 36.7. The maximum atomic E-state index is 14.2. The number of carbonyl (C=O) groups excluding carboxylic acids is 2. The Bertz CT molecular complexity index is 2030. The molecule has 3 aromatic carbocycles. The number of anilines is 1. The average molecular weight is 780 g/mol. The van der Waals surface area contributed by atoms with E-state index in [1.165, 1.54) is 0 Å². The lowest BCUT2D eigenvalue weighted by molar-refractivity contribution is -0.144. The maximum Gasteiger partial charge on any atom is 0.278 e. The van der Waals surface area contributed by atoms with E-state index < -0.39 is 17.6 Å². The molecule has 5 aromatic rings. The summed E-state index contributed by atoms with van der Waals surface area (Å²) in [5.74, 6) is 1.77. The second kappa shape index (κ2) is 16.6. The molecule has 0 bridgehead atoms. The van der Waals surface area contributed by atoms with Gasteiger partial charge in [-0.1, -0.05) is 115 Å². The molecule has 4 heterocycles. The number of pyridine rings is 1. The Hall–Kier alpha value is -4.63. The van der Waals surface area contributed by atoms with Gasteiger partial charge in [-0.2, -0.15) is 21.1 Å². The molecule has 7 rings (SSSR count). The number of aromatic nitrogens is 3. The van der Waals surface area contributed by atoms with E-state index in [0.29, 0.717) is 5.75 Å². The molecule has 270 valence electrons. The number of thioether (sulfide) groups is 3. The third kappa shape index (κ3) is 7.59. The molecule has 2 amide bonds. The lowest BCUT2D eigenvalue weighted by Gasteiger charge is -2.50. The standard InChI is InChI=1S/C39H37N7O3S4/c1-3-22-50-23-29-30(20-13-21-41-29)52-31-24-51-37-33(36(48)46(37)25(31)2)42-35(47)32(34-43-38(40)53-45-34)44-49-39(26-14-7-4-8-15-26,27-16-9-5-10-17-27)28-18-11-6-12-19-28/h4-21,33,37H,3,22-24H2,1-2H3,(H,42,47)(H2,40,43,45)/b44-32-. The molecule has 2 atom stereocenters. The Labute approximate surface area is 325 Å². The molecule has 14 heteroatoms. The number of amides is 2. The molecule has 53 heavy (non-hydrogen) atoms. The Morgan fingerprint density at radius 1 is 1.00 bits per heavy atom. The quantitative estimate of drug-likeness (QED) is 0.0389. The number of carbonyl (C=O) groups is 2. The van der Waals surface area contributed by atoms with Crippen LogP contribution in [0.15, 0.2) is 130 Å². The molecule has 1 fully saturated rings. The van der Waals surface area contributed by atoms with Crippen molar-refractivity contribution in [1.82, 2.24) is 24.6 Å². The summed E-state index contributed by atoms with van der Waals surface area (Å²) in [6, 6.07) is 32.4. The number of nitrogens with one attached hydrogen (secondary N) is 1. The van der Waals surface area contributed by atoms with Gasteiger partial charge in [0.25, 0.3) is 11.8 Å². The van der Waals surface area contributed by atoms with Gasteiger partial charge >= 0.3 is 0 Å². The summed E-state index contributed by atoms with van der Waals surface area (Å²) in [6.45, 7) is 4.14. The number of benzene rings is 3. The molecule has 3 N–H and O–H groups in total. The highest BCUT2D eigenvalue weighted by atomic mass is 32.2. The normalized spacial score (nSPS) is 17.3. The number of nitrogens with two attached hydrogens (primary N) is 1. The number of β-lactam (4-membered cyclic amide) rings is 1. The summed E-state index contributed by atoms with van der Waals surface area (Å²) >= 11 is 6.09. The predicted molar refractivity (Wildman–Crippen MR) is 215 cm³/mol. The lowest BCUT2D eigenvalue weighted by Crippen LogP contribution is -2.70. The minimum absolute atomic E-state index is 0.00662. The molecule has 0 aliphatic carbocycles. The highest BCUT2D eigenvalue weighted by Crippen LogP contribution is 2.46. The fourth-order valence-corrected chi connectivity index (χ4v) is 10.3. The third-order valence-corrected chi connectivity index (χ3v) is 13.3. The summed E-state index contributed by atoms with van der Waals surface area (Å²) in [5, 5.41) is 7.36. The second-order valence-electron chi connectivity index (χ2n) is 12.2. The molecule has 10 nitrogen and oxygen atoms in total. The smallest absolute Gasteiger partial charge is 0.278 e.